The molecule has 1 saturated heterocycles. The Morgan fingerprint density at radius 1 is 1.36 bits per heavy atom. The zero-order chi connectivity index (χ0) is 17.6. The molecule has 1 atom stereocenters. The fraction of sp³-hybridized carbons (Fsp3) is 0.389. The molecule has 0 saturated carbocycles. The fourth-order valence-corrected chi connectivity index (χ4v) is 3.07. The van der Waals surface area contributed by atoms with E-state index in [1.165, 1.54) is 24.4 Å². The Bertz CT molecular complexity index is 733. The van der Waals surface area contributed by atoms with Gasteiger partial charge in [-0.3, -0.25) is 9.59 Å². The Labute approximate surface area is 145 Å². The molecule has 6 nitrogen and oxygen atoms in total. The lowest BCUT2D eigenvalue weighted by Crippen LogP contribution is -2.49. The van der Waals surface area contributed by atoms with Crippen molar-refractivity contribution in [3.8, 4) is 0 Å². The van der Waals surface area contributed by atoms with Crippen molar-refractivity contribution in [1.29, 1.82) is 0 Å². The van der Waals surface area contributed by atoms with Crippen LogP contribution >= 0.6 is 0 Å². The molecule has 1 fully saturated rings. The van der Waals surface area contributed by atoms with Gasteiger partial charge in [-0.1, -0.05) is 17.3 Å². The normalized spacial score (nSPS) is 15.9. The van der Waals surface area contributed by atoms with E-state index in [0.717, 1.165) is 18.4 Å². The molecule has 0 bridgehead atoms. The largest absolute Gasteiger partial charge is 0.351 e. The molecule has 1 aromatic heterocycles. The first-order valence-corrected chi connectivity index (χ1v) is 8.36. The van der Waals surface area contributed by atoms with Crippen LogP contribution in [0.1, 0.15) is 35.4 Å². The van der Waals surface area contributed by atoms with Gasteiger partial charge in [0.25, 0.3) is 5.91 Å². The van der Waals surface area contributed by atoms with Crippen molar-refractivity contribution in [2.45, 2.75) is 31.7 Å². The molecule has 2 heterocycles. The standard InChI is InChI=1S/C18H20FN3O3/c19-14-5-3-4-13(10-14)11-15(22-9-2-1-6-17(22)23)12-20-18(24)16-7-8-21-25-16/h3-5,7-8,10,15H,1-2,6,9,11-12H2,(H,20,24). The van der Waals surface area contributed by atoms with E-state index < -0.39 is 0 Å². The highest BCUT2D eigenvalue weighted by molar-refractivity contribution is 5.91. The van der Waals surface area contributed by atoms with Gasteiger partial charge >= 0.3 is 0 Å². The highest BCUT2D eigenvalue weighted by Crippen LogP contribution is 2.17. The topological polar surface area (TPSA) is 75.4 Å². The second-order valence-electron chi connectivity index (χ2n) is 6.12. The summed E-state index contributed by atoms with van der Waals surface area (Å²) in [5.41, 5.74) is 0.789. The zero-order valence-corrected chi connectivity index (χ0v) is 13.8. The van der Waals surface area contributed by atoms with Gasteiger partial charge in [-0.2, -0.15) is 0 Å². The zero-order valence-electron chi connectivity index (χ0n) is 13.8. The van der Waals surface area contributed by atoms with Crippen molar-refractivity contribution >= 4 is 11.8 Å². The SMILES string of the molecule is O=C(NCC(Cc1cccc(F)c1)N1CCCCC1=O)c1ccno1. The van der Waals surface area contributed by atoms with Gasteiger partial charge in [0.2, 0.25) is 11.7 Å². The number of nitrogens with zero attached hydrogens (tertiary/aromatic N) is 2. The summed E-state index contributed by atoms with van der Waals surface area (Å²) >= 11 is 0. The summed E-state index contributed by atoms with van der Waals surface area (Å²) in [6, 6.07) is 7.55. The van der Waals surface area contributed by atoms with Crippen LogP contribution in [0.2, 0.25) is 0 Å². The van der Waals surface area contributed by atoms with E-state index in [9.17, 15) is 14.0 Å². The highest BCUT2D eigenvalue weighted by Gasteiger charge is 2.27. The third-order valence-electron chi connectivity index (χ3n) is 4.32. The number of carbonyl (C=O) groups is 2. The van der Waals surface area contributed by atoms with E-state index >= 15 is 0 Å². The molecule has 1 aliphatic rings. The van der Waals surface area contributed by atoms with Crippen LogP contribution in [0, 0.1) is 5.82 Å². The molecule has 2 amide bonds. The third-order valence-corrected chi connectivity index (χ3v) is 4.32. The van der Waals surface area contributed by atoms with Gasteiger partial charge in [-0.15, -0.1) is 0 Å². The number of aromatic nitrogens is 1. The number of hydrogen-bond acceptors (Lipinski definition) is 4. The first-order valence-electron chi connectivity index (χ1n) is 8.36. The monoisotopic (exact) mass is 345 g/mol. The maximum Gasteiger partial charge on any atom is 0.289 e. The Morgan fingerprint density at radius 2 is 2.24 bits per heavy atom. The molecule has 2 aromatic rings. The van der Waals surface area contributed by atoms with Crippen molar-refractivity contribution in [3.63, 3.8) is 0 Å². The molecule has 132 valence electrons. The fourth-order valence-electron chi connectivity index (χ4n) is 3.07. The van der Waals surface area contributed by atoms with Crippen molar-refractivity contribution in [2.75, 3.05) is 13.1 Å². The van der Waals surface area contributed by atoms with Gasteiger partial charge in [0.1, 0.15) is 5.82 Å². The van der Waals surface area contributed by atoms with Crippen LogP contribution in [0.15, 0.2) is 41.1 Å². The number of piperidine rings is 1. The molecule has 1 aromatic carbocycles. The van der Waals surface area contributed by atoms with E-state index in [2.05, 4.69) is 10.5 Å². The Kier molecular flexibility index (Phi) is 5.42. The lowest BCUT2D eigenvalue weighted by Gasteiger charge is -2.35. The molecule has 7 heteroatoms. The molecule has 1 N–H and O–H groups in total. The minimum atomic E-state index is -0.383. The van der Waals surface area contributed by atoms with E-state index in [1.54, 1.807) is 11.0 Å². The quantitative estimate of drug-likeness (QED) is 0.871. The third kappa shape index (κ3) is 4.43. The lowest BCUT2D eigenvalue weighted by molar-refractivity contribution is -0.135. The van der Waals surface area contributed by atoms with E-state index in [0.29, 0.717) is 19.4 Å². The Balaban J connectivity index is 1.71. The first-order chi connectivity index (χ1) is 12.1. The maximum atomic E-state index is 13.5. The molecular formula is C18H20FN3O3. The van der Waals surface area contributed by atoms with Gasteiger partial charge < -0.3 is 14.7 Å². The molecule has 1 unspecified atom stereocenters. The number of rotatable bonds is 6. The van der Waals surface area contributed by atoms with Crippen molar-refractivity contribution in [2.24, 2.45) is 0 Å². The average Bonchev–Trinajstić information content (AvgIpc) is 3.14. The maximum absolute atomic E-state index is 13.5. The summed E-state index contributed by atoms with van der Waals surface area (Å²) < 4.78 is 18.3. The van der Waals surface area contributed by atoms with E-state index in [1.807, 2.05) is 6.07 Å². The van der Waals surface area contributed by atoms with Crippen molar-refractivity contribution in [1.82, 2.24) is 15.4 Å². The minimum absolute atomic E-state index is 0.0709. The van der Waals surface area contributed by atoms with Crippen LogP contribution in [0.25, 0.3) is 0 Å². The number of likely N-dealkylation sites (tertiary alicyclic amines) is 1. The summed E-state index contributed by atoms with van der Waals surface area (Å²) in [4.78, 5) is 26.1. The molecule has 25 heavy (non-hydrogen) atoms. The number of nitrogens with one attached hydrogen (secondary N) is 1. The summed E-state index contributed by atoms with van der Waals surface area (Å²) in [5.74, 6) is -0.505. The van der Waals surface area contributed by atoms with Gasteiger partial charge in [0.05, 0.1) is 12.2 Å². The second-order valence-corrected chi connectivity index (χ2v) is 6.12. The van der Waals surface area contributed by atoms with Crippen LogP contribution in [0.5, 0.6) is 0 Å². The summed E-state index contributed by atoms with van der Waals surface area (Å²) in [6.07, 6.45) is 4.19. The smallest absolute Gasteiger partial charge is 0.289 e. The first kappa shape index (κ1) is 17.1. The van der Waals surface area contributed by atoms with Crippen LogP contribution in [-0.2, 0) is 11.2 Å². The minimum Gasteiger partial charge on any atom is -0.351 e. The average molecular weight is 345 g/mol. The number of benzene rings is 1. The highest BCUT2D eigenvalue weighted by atomic mass is 19.1. The Hall–Kier alpha value is -2.70. The van der Waals surface area contributed by atoms with Crippen LogP contribution in [0.4, 0.5) is 4.39 Å². The molecule has 0 spiro atoms. The number of carbonyl (C=O) groups excluding carboxylic acids is 2. The molecule has 1 aliphatic heterocycles. The van der Waals surface area contributed by atoms with Gasteiger partial charge in [-0.05, 0) is 37.0 Å². The van der Waals surface area contributed by atoms with E-state index in [4.69, 9.17) is 4.52 Å². The molecule has 0 aliphatic carbocycles. The molecule has 3 rings (SSSR count). The summed E-state index contributed by atoms with van der Waals surface area (Å²) in [5, 5.41) is 6.29. The number of hydrogen-bond donors (Lipinski definition) is 1. The predicted molar refractivity (Wildman–Crippen MR) is 88.3 cm³/mol. The predicted octanol–water partition coefficient (Wildman–Crippen LogP) is 2.17. The Morgan fingerprint density at radius 3 is 2.96 bits per heavy atom. The number of amides is 2. The van der Waals surface area contributed by atoms with Gasteiger partial charge in [0.15, 0.2) is 0 Å². The molecule has 0 radical (unpaired) electrons. The van der Waals surface area contributed by atoms with Crippen molar-refractivity contribution in [3.05, 3.63) is 53.7 Å². The van der Waals surface area contributed by atoms with Gasteiger partial charge in [-0.25, -0.2) is 4.39 Å². The van der Waals surface area contributed by atoms with Crippen LogP contribution in [-0.4, -0.2) is 41.0 Å². The summed E-state index contributed by atoms with van der Waals surface area (Å²) in [7, 11) is 0. The van der Waals surface area contributed by atoms with Crippen LogP contribution < -0.4 is 5.32 Å². The summed E-state index contributed by atoms with van der Waals surface area (Å²) in [6.45, 7) is 0.915. The lowest BCUT2D eigenvalue weighted by atomic mass is 10.0. The van der Waals surface area contributed by atoms with Gasteiger partial charge in [0, 0.05) is 25.6 Å². The molecular weight excluding hydrogens is 325 g/mol. The van der Waals surface area contributed by atoms with E-state index in [-0.39, 0.29) is 36.0 Å². The van der Waals surface area contributed by atoms with Crippen LogP contribution in [0.3, 0.4) is 0 Å². The van der Waals surface area contributed by atoms with Crippen molar-refractivity contribution < 1.29 is 18.5 Å². The number of halogens is 1. The second kappa shape index (κ2) is 7.92.